The van der Waals surface area contributed by atoms with Crippen molar-refractivity contribution < 1.29 is 4.79 Å². The van der Waals surface area contributed by atoms with Gasteiger partial charge in [0.2, 0.25) is 5.91 Å². The SMILES string of the molecule is CC(C)C(N)CC(=O)NCCN1CCCC1. The second-order valence-corrected chi connectivity index (χ2v) is 5.01. The number of nitrogens with one attached hydrogen (secondary N) is 1. The number of amides is 1. The summed E-state index contributed by atoms with van der Waals surface area (Å²) >= 11 is 0. The molecule has 3 N–H and O–H groups in total. The second kappa shape index (κ2) is 6.86. The van der Waals surface area contributed by atoms with Gasteiger partial charge in [0, 0.05) is 25.6 Å². The van der Waals surface area contributed by atoms with Crippen molar-refractivity contribution in [3.63, 3.8) is 0 Å². The highest BCUT2D eigenvalue weighted by atomic mass is 16.1. The molecule has 0 aromatic carbocycles. The predicted octanol–water partition coefficient (Wildman–Crippen LogP) is 0.572. The Morgan fingerprint density at radius 1 is 1.38 bits per heavy atom. The summed E-state index contributed by atoms with van der Waals surface area (Å²) < 4.78 is 0. The number of carbonyl (C=O) groups is 1. The van der Waals surface area contributed by atoms with Crippen molar-refractivity contribution in [3.8, 4) is 0 Å². The van der Waals surface area contributed by atoms with Crippen molar-refractivity contribution in [1.82, 2.24) is 10.2 Å². The summed E-state index contributed by atoms with van der Waals surface area (Å²) in [6, 6.07) is -0.0215. The average molecular weight is 227 g/mol. The van der Waals surface area contributed by atoms with Crippen molar-refractivity contribution in [3.05, 3.63) is 0 Å². The highest BCUT2D eigenvalue weighted by Gasteiger charge is 2.14. The summed E-state index contributed by atoms with van der Waals surface area (Å²) in [6.45, 7) is 8.18. The molecule has 1 aliphatic heterocycles. The van der Waals surface area contributed by atoms with Gasteiger partial charge in [-0.1, -0.05) is 13.8 Å². The molecule has 1 aliphatic rings. The fourth-order valence-corrected chi connectivity index (χ4v) is 1.88. The molecule has 4 nitrogen and oxygen atoms in total. The quantitative estimate of drug-likeness (QED) is 0.697. The molecule has 0 spiro atoms. The first-order valence-corrected chi connectivity index (χ1v) is 6.34. The van der Waals surface area contributed by atoms with Crippen LogP contribution in [0.25, 0.3) is 0 Å². The van der Waals surface area contributed by atoms with E-state index in [0.717, 1.165) is 13.1 Å². The molecule has 94 valence electrons. The van der Waals surface area contributed by atoms with Crippen LogP contribution in [-0.4, -0.2) is 43.0 Å². The van der Waals surface area contributed by atoms with E-state index in [1.54, 1.807) is 0 Å². The van der Waals surface area contributed by atoms with E-state index in [-0.39, 0.29) is 11.9 Å². The van der Waals surface area contributed by atoms with Gasteiger partial charge in [0.15, 0.2) is 0 Å². The van der Waals surface area contributed by atoms with Gasteiger partial charge in [-0.15, -0.1) is 0 Å². The maximum atomic E-state index is 11.5. The molecule has 0 bridgehead atoms. The Hall–Kier alpha value is -0.610. The minimum Gasteiger partial charge on any atom is -0.355 e. The highest BCUT2D eigenvalue weighted by molar-refractivity contribution is 5.76. The molecule has 1 atom stereocenters. The van der Waals surface area contributed by atoms with Gasteiger partial charge < -0.3 is 16.0 Å². The molecule has 1 amide bonds. The normalized spacial score (nSPS) is 19.0. The Morgan fingerprint density at radius 2 is 2.00 bits per heavy atom. The first kappa shape index (κ1) is 13.5. The van der Waals surface area contributed by atoms with E-state index < -0.39 is 0 Å². The van der Waals surface area contributed by atoms with Crippen LogP contribution in [-0.2, 0) is 4.79 Å². The minimum atomic E-state index is -0.0215. The van der Waals surface area contributed by atoms with Crippen LogP contribution >= 0.6 is 0 Å². The van der Waals surface area contributed by atoms with E-state index in [2.05, 4.69) is 10.2 Å². The van der Waals surface area contributed by atoms with Crippen molar-refractivity contribution >= 4 is 5.91 Å². The largest absolute Gasteiger partial charge is 0.355 e. The van der Waals surface area contributed by atoms with Crippen LogP contribution in [0.5, 0.6) is 0 Å². The molecule has 0 aromatic rings. The summed E-state index contributed by atoms with van der Waals surface area (Å²) in [5.41, 5.74) is 5.84. The molecule has 1 unspecified atom stereocenters. The van der Waals surface area contributed by atoms with Gasteiger partial charge in [-0.05, 0) is 31.8 Å². The van der Waals surface area contributed by atoms with E-state index in [1.165, 1.54) is 25.9 Å². The van der Waals surface area contributed by atoms with Gasteiger partial charge in [0.25, 0.3) is 0 Å². The fourth-order valence-electron chi connectivity index (χ4n) is 1.88. The molecule has 4 heteroatoms. The van der Waals surface area contributed by atoms with E-state index in [4.69, 9.17) is 5.73 Å². The maximum Gasteiger partial charge on any atom is 0.221 e. The number of carbonyl (C=O) groups excluding carboxylic acids is 1. The van der Waals surface area contributed by atoms with Gasteiger partial charge in [-0.3, -0.25) is 4.79 Å². The molecule has 0 aromatic heterocycles. The minimum absolute atomic E-state index is 0.0215. The molecule has 1 fully saturated rings. The van der Waals surface area contributed by atoms with Gasteiger partial charge >= 0.3 is 0 Å². The van der Waals surface area contributed by atoms with Crippen LogP contribution < -0.4 is 11.1 Å². The van der Waals surface area contributed by atoms with Crippen molar-refractivity contribution in [1.29, 1.82) is 0 Å². The highest BCUT2D eigenvalue weighted by Crippen LogP contribution is 2.05. The van der Waals surface area contributed by atoms with Gasteiger partial charge in [0.1, 0.15) is 0 Å². The Labute approximate surface area is 98.6 Å². The number of nitrogens with two attached hydrogens (primary N) is 1. The smallest absolute Gasteiger partial charge is 0.221 e. The van der Waals surface area contributed by atoms with Gasteiger partial charge in [-0.2, -0.15) is 0 Å². The summed E-state index contributed by atoms with van der Waals surface area (Å²) in [7, 11) is 0. The van der Waals surface area contributed by atoms with Crippen LogP contribution in [0.4, 0.5) is 0 Å². The molecule has 1 heterocycles. The Balaban J connectivity index is 2.05. The third kappa shape index (κ3) is 4.94. The third-order valence-electron chi connectivity index (χ3n) is 3.23. The van der Waals surface area contributed by atoms with Crippen LogP contribution in [0, 0.1) is 5.92 Å². The lowest BCUT2D eigenvalue weighted by atomic mass is 10.0. The third-order valence-corrected chi connectivity index (χ3v) is 3.23. The lowest BCUT2D eigenvalue weighted by molar-refractivity contribution is -0.121. The lowest BCUT2D eigenvalue weighted by Crippen LogP contribution is -2.38. The predicted molar refractivity (Wildman–Crippen MR) is 66.1 cm³/mol. The number of hydrogen-bond donors (Lipinski definition) is 2. The van der Waals surface area contributed by atoms with Gasteiger partial charge in [0.05, 0.1) is 0 Å². The first-order valence-electron chi connectivity index (χ1n) is 6.34. The number of rotatable bonds is 6. The fraction of sp³-hybridized carbons (Fsp3) is 0.917. The zero-order chi connectivity index (χ0) is 12.0. The molecule has 1 rings (SSSR count). The van der Waals surface area contributed by atoms with Crippen molar-refractivity contribution in [2.75, 3.05) is 26.2 Å². The molecule has 16 heavy (non-hydrogen) atoms. The zero-order valence-corrected chi connectivity index (χ0v) is 10.5. The van der Waals surface area contributed by atoms with Crippen LogP contribution in [0.1, 0.15) is 33.1 Å². The number of nitrogens with zero attached hydrogens (tertiary/aromatic N) is 1. The number of likely N-dealkylation sites (tertiary alicyclic amines) is 1. The van der Waals surface area contributed by atoms with E-state index in [1.807, 2.05) is 13.8 Å². The van der Waals surface area contributed by atoms with Crippen LogP contribution in [0.15, 0.2) is 0 Å². The summed E-state index contributed by atoms with van der Waals surface area (Å²) in [4.78, 5) is 13.9. The first-order chi connectivity index (χ1) is 7.59. The molecule has 1 saturated heterocycles. The molecule has 0 aliphatic carbocycles. The summed E-state index contributed by atoms with van der Waals surface area (Å²) in [6.07, 6.45) is 3.04. The monoisotopic (exact) mass is 227 g/mol. The Morgan fingerprint density at radius 3 is 2.56 bits per heavy atom. The summed E-state index contributed by atoms with van der Waals surface area (Å²) in [5, 5.41) is 2.93. The summed E-state index contributed by atoms with van der Waals surface area (Å²) in [5.74, 6) is 0.449. The van der Waals surface area contributed by atoms with Crippen molar-refractivity contribution in [2.45, 2.75) is 39.2 Å². The second-order valence-electron chi connectivity index (χ2n) is 5.01. The average Bonchev–Trinajstić information content (AvgIpc) is 2.70. The topological polar surface area (TPSA) is 58.4 Å². The van der Waals surface area contributed by atoms with Crippen LogP contribution in [0.2, 0.25) is 0 Å². The Bertz CT molecular complexity index is 212. The van der Waals surface area contributed by atoms with E-state index >= 15 is 0 Å². The van der Waals surface area contributed by atoms with Crippen molar-refractivity contribution in [2.24, 2.45) is 11.7 Å². The number of hydrogen-bond acceptors (Lipinski definition) is 3. The van der Waals surface area contributed by atoms with E-state index in [9.17, 15) is 4.79 Å². The maximum absolute atomic E-state index is 11.5. The standard InChI is InChI=1S/C12H25N3O/c1-10(2)11(13)9-12(16)14-5-8-15-6-3-4-7-15/h10-11H,3-9,13H2,1-2H3,(H,14,16). The van der Waals surface area contributed by atoms with Crippen LogP contribution in [0.3, 0.4) is 0 Å². The molecule has 0 saturated carbocycles. The lowest BCUT2D eigenvalue weighted by Gasteiger charge is -2.17. The molecule has 0 radical (unpaired) electrons. The Kier molecular flexibility index (Phi) is 5.77. The molecular weight excluding hydrogens is 202 g/mol. The molecular formula is C12H25N3O. The van der Waals surface area contributed by atoms with Gasteiger partial charge in [-0.25, -0.2) is 0 Å². The van der Waals surface area contributed by atoms with E-state index in [0.29, 0.717) is 12.3 Å². The zero-order valence-electron chi connectivity index (χ0n) is 10.5.